The number of carbonyl (C=O) groups excluding carboxylic acids is 4. The molecule has 1 aliphatic heterocycles. The van der Waals surface area contributed by atoms with Crippen LogP contribution < -0.4 is 5.32 Å². The van der Waals surface area contributed by atoms with E-state index in [2.05, 4.69) is 16.9 Å². The highest BCUT2D eigenvalue weighted by atomic mass is 32.2. The number of rotatable bonds is 11. The molecule has 0 radical (unpaired) electrons. The normalized spacial score (nSPS) is 14.6. The molecule has 1 aliphatic rings. The van der Waals surface area contributed by atoms with Crippen LogP contribution in [0.15, 0.2) is 138 Å². The number of para-hydroxylation sites is 1. The fourth-order valence-electron chi connectivity index (χ4n) is 5.27. The number of nitrogens with zero attached hydrogens (tertiary/aromatic N) is 3. The van der Waals surface area contributed by atoms with Gasteiger partial charge in [-0.2, -0.15) is 4.99 Å². The van der Waals surface area contributed by atoms with Crippen molar-refractivity contribution in [1.29, 1.82) is 0 Å². The van der Waals surface area contributed by atoms with E-state index in [0.29, 0.717) is 11.3 Å². The molecule has 5 rings (SSSR count). The van der Waals surface area contributed by atoms with Crippen LogP contribution in [-0.4, -0.2) is 51.2 Å². The summed E-state index contributed by atoms with van der Waals surface area (Å²) in [5, 5.41) is 3.90. The average molecular weight is 659 g/mol. The molecule has 0 saturated carbocycles. The highest BCUT2D eigenvalue weighted by Crippen LogP contribution is 2.29. The molecule has 2 heterocycles. The summed E-state index contributed by atoms with van der Waals surface area (Å²) in [5.41, 5.74) is 3.41. The van der Waals surface area contributed by atoms with Crippen LogP contribution in [0.4, 0.5) is 0 Å². The van der Waals surface area contributed by atoms with E-state index >= 15 is 0 Å². The predicted molar refractivity (Wildman–Crippen MR) is 190 cm³/mol. The second-order valence-corrected chi connectivity index (χ2v) is 11.6. The lowest BCUT2D eigenvalue weighted by atomic mass is 9.99. The summed E-state index contributed by atoms with van der Waals surface area (Å²) in [7, 11) is 1.31. The van der Waals surface area contributed by atoms with Crippen LogP contribution >= 0.6 is 11.8 Å². The fourth-order valence-corrected chi connectivity index (χ4v) is 6.08. The highest BCUT2D eigenvalue weighted by molar-refractivity contribution is 8.14. The molecule has 4 aromatic rings. The van der Waals surface area contributed by atoms with Crippen LogP contribution in [0.5, 0.6) is 0 Å². The van der Waals surface area contributed by atoms with Gasteiger partial charge in [-0.05, 0) is 36.3 Å². The van der Waals surface area contributed by atoms with E-state index in [0.717, 1.165) is 33.8 Å². The number of ether oxygens (including phenoxy) is 1. The number of nitrogens with one attached hydrogen (secondary N) is 1. The third kappa shape index (κ3) is 7.62. The van der Waals surface area contributed by atoms with Crippen molar-refractivity contribution in [2.45, 2.75) is 19.5 Å². The van der Waals surface area contributed by atoms with E-state index in [1.165, 1.54) is 18.1 Å². The standard InChI is InChI=1S/C38H34N4O5S/c1-4-6-19-29(5-2)42-37(46)31(22-28-23-41(24-34(44)47-3)32-21-14-13-20-30(28)32)36(45)40-38(42)48-25-33(43)39-35(26-15-9-7-10-16-26)27-17-11-8-12-18-27/h4-23,35H,1,24-25H2,2-3H3,(H,39,43)/b19-6-,29-5+,31-22+. The molecule has 0 aliphatic carbocycles. The number of methoxy groups -OCH3 is 1. The van der Waals surface area contributed by atoms with Gasteiger partial charge in [0.2, 0.25) is 5.91 Å². The van der Waals surface area contributed by atoms with Crippen LogP contribution in [0.1, 0.15) is 29.7 Å². The van der Waals surface area contributed by atoms with Gasteiger partial charge in [-0.15, -0.1) is 0 Å². The Balaban J connectivity index is 1.46. The lowest BCUT2D eigenvalue weighted by molar-refractivity contribution is -0.141. The Kier molecular flexibility index (Phi) is 11.0. The zero-order valence-corrected chi connectivity index (χ0v) is 27.4. The van der Waals surface area contributed by atoms with E-state index in [1.807, 2.05) is 84.9 Å². The van der Waals surface area contributed by atoms with Gasteiger partial charge in [0.15, 0.2) is 5.17 Å². The number of amides is 3. The van der Waals surface area contributed by atoms with Gasteiger partial charge in [0.1, 0.15) is 12.1 Å². The van der Waals surface area contributed by atoms with Crippen molar-refractivity contribution in [2.75, 3.05) is 12.9 Å². The molecule has 48 heavy (non-hydrogen) atoms. The van der Waals surface area contributed by atoms with Crippen molar-refractivity contribution in [3.63, 3.8) is 0 Å². The number of carbonyl (C=O) groups is 4. The molecule has 3 amide bonds. The molecule has 0 spiro atoms. The maximum atomic E-state index is 14.1. The molecule has 0 unspecified atom stereocenters. The van der Waals surface area contributed by atoms with Gasteiger partial charge >= 0.3 is 5.97 Å². The zero-order chi connectivity index (χ0) is 34.0. The molecule has 9 nitrogen and oxygen atoms in total. The maximum absolute atomic E-state index is 14.1. The third-order valence-corrected chi connectivity index (χ3v) is 8.50. The van der Waals surface area contributed by atoms with Crippen LogP contribution in [0.3, 0.4) is 0 Å². The molecule has 0 atom stereocenters. The molecule has 1 aromatic heterocycles. The van der Waals surface area contributed by atoms with E-state index in [1.54, 1.807) is 42.0 Å². The van der Waals surface area contributed by atoms with Gasteiger partial charge in [-0.3, -0.25) is 24.1 Å². The Morgan fingerprint density at radius 3 is 2.25 bits per heavy atom. The fraction of sp³-hybridized carbons (Fsp3) is 0.132. The molecule has 242 valence electrons. The smallest absolute Gasteiger partial charge is 0.325 e. The van der Waals surface area contributed by atoms with E-state index in [9.17, 15) is 19.2 Å². The van der Waals surface area contributed by atoms with E-state index < -0.39 is 23.8 Å². The number of allylic oxidation sites excluding steroid dienone is 4. The number of esters is 1. The summed E-state index contributed by atoms with van der Waals surface area (Å²) in [4.78, 5) is 58.7. The summed E-state index contributed by atoms with van der Waals surface area (Å²) in [6.45, 7) is 5.44. The van der Waals surface area contributed by atoms with Crippen molar-refractivity contribution in [3.8, 4) is 0 Å². The first-order valence-electron chi connectivity index (χ1n) is 15.2. The number of thioether (sulfide) groups is 1. The number of hydrogen-bond acceptors (Lipinski definition) is 6. The summed E-state index contributed by atoms with van der Waals surface area (Å²) in [5.74, 6) is -2.18. The van der Waals surface area contributed by atoms with Gasteiger partial charge < -0.3 is 14.6 Å². The van der Waals surface area contributed by atoms with Crippen LogP contribution in [0.2, 0.25) is 0 Å². The van der Waals surface area contributed by atoms with E-state index in [4.69, 9.17) is 4.74 Å². The summed E-state index contributed by atoms with van der Waals surface area (Å²) >= 11 is 0.994. The van der Waals surface area contributed by atoms with Crippen LogP contribution in [0, 0.1) is 0 Å². The Morgan fingerprint density at radius 2 is 1.62 bits per heavy atom. The number of hydrogen-bond donors (Lipinski definition) is 1. The SMILES string of the molecule is C=C/C=C\C(=C/C)N1C(=O)/C(=C/c2cn(CC(=O)OC)c3ccccc23)C(=O)N=C1SCC(=O)NC(c1ccccc1)c1ccccc1. The number of aliphatic imine (C=N–C) groups is 1. The van der Waals surface area contributed by atoms with Gasteiger partial charge in [-0.25, -0.2) is 0 Å². The zero-order valence-electron chi connectivity index (χ0n) is 26.5. The first-order chi connectivity index (χ1) is 23.3. The Morgan fingerprint density at radius 1 is 0.979 bits per heavy atom. The summed E-state index contributed by atoms with van der Waals surface area (Å²) in [6, 6.07) is 26.2. The van der Waals surface area contributed by atoms with E-state index in [-0.39, 0.29) is 28.9 Å². The topological polar surface area (TPSA) is 110 Å². The Labute approximate surface area is 283 Å². The Bertz CT molecular complexity index is 1940. The first kappa shape index (κ1) is 33.6. The van der Waals surface area contributed by atoms with Crippen molar-refractivity contribution >= 4 is 57.6 Å². The van der Waals surface area contributed by atoms with Crippen molar-refractivity contribution in [3.05, 3.63) is 150 Å². The quantitative estimate of drug-likeness (QED) is 0.0889. The number of aromatic nitrogens is 1. The van der Waals surface area contributed by atoms with Crippen molar-refractivity contribution < 1.29 is 23.9 Å². The minimum absolute atomic E-state index is 0.0420. The minimum Gasteiger partial charge on any atom is -0.468 e. The van der Waals surface area contributed by atoms with Gasteiger partial charge in [0.05, 0.1) is 18.9 Å². The van der Waals surface area contributed by atoms with Crippen LogP contribution in [0.25, 0.3) is 17.0 Å². The summed E-state index contributed by atoms with van der Waals surface area (Å²) < 4.78 is 6.54. The number of amidine groups is 1. The van der Waals surface area contributed by atoms with Gasteiger partial charge in [0, 0.05) is 28.4 Å². The number of benzene rings is 3. The second-order valence-electron chi connectivity index (χ2n) is 10.6. The molecular formula is C38H34N4O5S. The van der Waals surface area contributed by atoms with Crippen molar-refractivity contribution in [1.82, 2.24) is 14.8 Å². The molecule has 10 heteroatoms. The lowest BCUT2D eigenvalue weighted by Gasteiger charge is -2.28. The summed E-state index contributed by atoms with van der Waals surface area (Å²) in [6.07, 6.45) is 9.81. The monoisotopic (exact) mass is 658 g/mol. The highest BCUT2D eigenvalue weighted by Gasteiger charge is 2.35. The third-order valence-electron chi connectivity index (χ3n) is 7.56. The molecule has 1 N–H and O–H groups in total. The Hall–Kier alpha value is -5.74. The lowest BCUT2D eigenvalue weighted by Crippen LogP contribution is -2.42. The predicted octanol–water partition coefficient (Wildman–Crippen LogP) is 6.21. The molecular weight excluding hydrogens is 625 g/mol. The second kappa shape index (κ2) is 15.7. The molecule has 0 bridgehead atoms. The maximum Gasteiger partial charge on any atom is 0.325 e. The molecule has 0 fully saturated rings. The minimum atomic E-state index is -0.737. The van der Waals surface area contributed by atoms with Gasteiger partial charge in [-0.1, -0.05) is 115 Å². The molecule has 0 saturated heterocycles. The molecule has 3 aromatic carbocycles. The first-order valence-corrected chi connectivity index (χ1v) is 16.1. The van der Waals surface area contributed by atoms with Crippen molar-refractivity contribution in [2.24, 2.45) is 4.99 Å². The van der Waals surface area contributed by atoms with Crippen LogP contribution in [-0.2, 0) is 30.5 Å². The van der Waals surface area contributed by atoms with Gasteiger partial charge in [0.25, 0.3) is 11.8 Å². The largest absolute Gasteiger partial charge is 0.468 e. The number of fused-ring (bicyclic) bond motifs is 1. The average Bonchev–Trinajstić information content (AvgIpc) is 3.46.